The van der Waals surface area contributed by atoms with Gasteiger partial charge in [0.1, 0.15) is 13.2 Å². The molecule has 0 radical (unpaired) electrons. The number of halogens is 1. The van der Waals surface area contributed by atoms with Crippen LogP contribution in [0.5, 0.6) is 0 Å². The second-order valence-electron chi connectivity index (χ2n) is 6.94. The van der Waals surface area contributed by atoms with Crippen molar-refractivity contribution in [2.75, 3.05) is 44.9 Å². The number of nitrogens with zero attached hydrogens (tertiary/aromatic N) is 3. The van der Waals surface area contributed by atoms with Crippen LogP contribution in [-0.2, 0) is 19.1 Å². The van der Waals surface area contributed by atoms with E-state index in [2.05, 4.69) is 0 Å². The Bertz CT molecular complexity index is 695. The largest absolute Gasteiger partial charge is 0.383 e. The molecule has 0 aromatic heterocycles. The average molecular weight is 396 g/mol. The van der Waals surface area contributed by atoms with Gasteiger partial charge in [0.15, 0.2) is 0 Å². The van der Waals surface area contributed by atoms with E-state index in [1.807, 2.05) is 13.8 Å². The van der Waals surface area contributed by atoms with Crippen LogP contribution in [0.1, 0.15) is 20.3 Å². The van der Waals surface area contributed by atoms with Crippen molar-refractivity contribution in [1.82, 2.24) is 9.80 Å². The first-order valence-electron chi connectivity index (χ1n) is 8.92. The molecule has 0 spiro atoms. The van der Waals surface area contributed by atoms with Crippen LogP contribution in [0.4, 0.5) is 5.69 Å². The smallest absolute Gasteiger partial charge is 0.248 e. The number of hydrogen-bond donors (Lipinski definition) is 0. The maximum Gasteiger partial charge on any atom is 0.248 e. The molecule has 0 aliphatic carbocycles. The number of methoxy groups -OCH3 is 1. The maximum atomic E-state index is 12.7. The molecule has 1 aliphatic rings. The number of carbonyl (C=O) groups excluding carboxylic acids is 3. The Hall–Kier alpha value is -2.12. The normalized spacial score (nSPS) is 14.2. The number of ether oxygens (including phenoxy) is 1. The summed E-state index contributed by atoms with van der Waals surface area (Å²) < 4.78 is 5.04. The van der Waals surface area contributed by atoms with Crippen LogP contribution < -0.4 is 4.90 Å². The monoisotopic (exact) mass is 395 g/mol. The number of rotatable bonds is 8. The number of hydrogen-bond acceptors (Lipinski definition) is 4. The summed E-state index contributed by atoms with van der Waals surface area (Å²) in [5.74, 6) is -0.333. The molecular formula is C19H26ClN3O4. The Labute approximate surface area is 164 Å². The van der Waals surface area contributed by atoms with Gasteiger partial charge in [0, 0.05) is 30.8 Å². The topological polar surface area (TPSA) is 70.2 Å². The lowest BCUT2D eigenvalue weighted by Crippen LogP contribution is -2.44. The fourth-order valence-corrected chi connectivity index (χ4v) is 3.00. The van der Waals surface area contributed by atoms with Crippen molar-refractivity contribution in [3.05, 3.63) is 29.3 Å². The lowest BCUT2D eigenvalue weighted by Gasteiger charge is -2.25. The fourth-order valence-electron chi connectivity index (χ4n) is 2.82. The lowest BCUT2D eigenvalue weighted by molar-refractivity contribution is -0.141. The van der Waals surface area contributed by atoms with E-state index in [0.717, 1.165) is 0 Å². The van der Waals surface area contributed by atoms with Crippen LogP contribution in [-0.4, -0.2) is 67.5 Å². The zero-order valence-corrected chi connectivity index (χ0v) is 16.7. The number of anilines is 1. The van der Waals surface area contributed by atoms with E-state index in [-0.39, 0.29) is 43.4 Å². The number of carbonyl (C=O) groups is 3. The molecule has 3 amide bonds. The van der Waals surface area contributed by atoms with E-state index in [1.165, 1.54) is 14.7 Å². The molecule has 7 nitrogen and oxygen atoms in total. The molecule has 0 unspecified atom stereocenters. The highest BCUT2D eigenvalue weighted by Crippen LogP contribution is 2.23. The predicted molar refractivity (Wildman–Crippen MR) is 103 cm³/mol. The Morgan fingerprint density at radius 3 is 2.70 bits per heavy atom. The summed E-state index contributed by atoms with van der Waals surface area (Å²) in [5.41, 5.74) is 0.648. The van der Waals surface area contributed by atoms with Crippen LogP contribution in [0, 0.1) is 5.92 Å². The fraction of sp³-hybridized carbons (Fsp3) is 0.526. The quantitative estimate of drug-likeness (QED) is 0.675. The Balaban J connectivity index is 2.03. The first kappa shape index (κ1) is 21.2. The van der Waals surface area contributed by atoms with Gasteiger partial charge in [-0.2, -0.15) is 0 Å². The summed E-state index contributed by atoms with van der Waals surface area (Å²) in [6.07, 6.45) is 0.366. The molecule has 0 saturated carbocycles. The first-order chi connectivity index (χ1) is 12.8. The molecule has 1 aromatic rings. The van der Waals surface area contributed by atoms with Crippen molar-refractivity contribution in [3.63, 3.8) is 0 Å². The van der Waals surface area contributed by atoms with Gasteiger partial charge in [-0.3, -0.25) is 19.3 Å². The second kappa shape index (κ2) is 9.71. The summed E-state index contributed by atoms with van der Waals surface area (Å²) in [6.45, 7) is 4.67. The van der Waals surface area contributed by atoms with Crippen molar-refractivity contribution in [3.8, 4) is 0 Å². The molecule has 0 N–H and O–H groups in total. The minimum Gasteiger partial charge on any atom is -0.383 e. The molecule has 0 bridgehead atoms. The molecule has 27 heavy (non-hydrogen) atoms. The SMILES string of the molecule is COCCN(CC(=O)N1CC(=O)N(c2cccc(Cl)c2)C1)C(=O)CC(C)C. The zero-order chi connectivity index (χ0) is 20.0. The molecule has 8 heteroatoms. The lowest BCUT2D eigenvalue weighted by atomic mass is 10.1. The summed E-state index contributed by atoms with van der Waals surface area (Å²) in [7, 11) is 1.55. The van der Waals surface area contributed by atoms with Crippen LogP contribution in [0.15, 0.2) is 24.3 Å². The first-order valence-corrected chi connectivity index (χ1v) is 9.30. The Morgan fingerprint density at radius 2 is 2.07 bits per heavy atom. The Morgan fingerprint density at radius 1 is 1.33 bits per heavy atom. The van der Waals surface area contributed by atoms with Crippen LogP contribution in [0.25, 0.3) is 0 Å². The van der Waals surface area contributed by atoms with Gasteiger partial charge in [0.05, 0.1) is 13.2 Å². The third kappa shape index (κ3) is 5.94. The van der Waals surface area contributed by atoms with Gasteiger partial charge >= 0.3 is 0 Å². The molecule has 2 rings (SSSR count). The van der Waals surface area contributed by atoms with E-state index < -0.39 is 0 Å². The molecule has 0 atom stereocenters. The average Bonchev–Trinajstić information content (AvgIpc) is 2.99. The van der Waals surface area contributed by atoms with Crippen molar-refractivity contribution in [2.24, 2.45) is 5.92 Å². The molecule has 1 aliphatic heterocycles. The van der Waals surface area contributed by atoms with E-state index >= 15 is 0 Å². The highest BCUT2D eigenvalue weighted by Gasteiger charge is 2.33. The van der Waals surface area contributed by atoms with Gasteiger partial charge < -0.3 is 14.5 Å². The molecule has 1 aromatic carbocycles. The van der Waals surface area contributed by atoms with Crippen LogP contribution in [0.2, 0.25) is 5.02 Å². The van der Waals surface area contributed by atoms with E-state index in [4.69, 9.17) is 16.3 Å². The third-order valence-electron chi connectivity index (χ3n) is 4.24. The number of amides is 3. The molecule has 1 heterocycles. The molecular weight excluding hydrogens is 370 g/mol. The third-order valence-corrected chi connectivity index (χ3v) is 4.47. The minimum absolute atomic E-state index is 0.0121. The summed E-state index contributed by atoms with van der Waals surface area (Å²) >= 11 is 5.99. The molecule has 148 valence electrons. The summed E-state index contributed by atoms with van der Waals surface area (Å²) in [4.78, 5) is 41.9. The molecule has 1 saturated heterocycles. The summed E-state index contributed by atoms with van der Waals surface area (Å²) in [5, 5.41) is 0.523. The van der Waals surface area contributed by atoms with Crippen LogP contribution >= 0.6 is 11.6 Å². The van der Waals surface area contributed by atoms with E-state index in [1.54, 1.807) is 31.4 Å². The standard InChI is InChI=1S/C19H26ClN3O4/c1-14(2)9-17(24)21(7-8-27-3)11-18(25)22-12-19(26)23(13-22)16-6-4-5-15(20)10-16/h4-6,10,14H,7-9,11-13H2,1-3H3. The highest BCUT2D eigenvalue weighted by atomic mass is 35.5. The predicted octanol–water partition coefficient (Wildman–Crippen LogP) is 1.99. The van der Waals surface area contributed by atoms with Crippen molar-refractivity contribution in [1.29, 1.82) is 0 Å². The molecule has 1 fully saturated rings. The second-order valence-corrected chi connectivity index (χ2v) is 7.38. The summed E-state index contributed by atoms with van der Waals surface area (Å²) in [6, 6.07) is 6.94. The van der Waals surface area contributed by atoms with Crippen molar-refractivity contribution in [2.45, 2.75) is 20.3 Å². The Kier molecular flexibility index (Phi) is 7.62. The van der Waals surface area contributed by atoms with E-state index in [0.29, 0.717) is 30.3 Å². The highest BCUT2D eigenvalue weighted by molar-refractivity contribution is 6.31. The number of benzene rings is 1. The van der Waals surface area contributed by atoms with Gasteiger partial charge in [0.25, 0.3) is 0 Å². The van der Waals surface area contributed by atoms with Gasteiger partial charge in [-0.05, 0) is 24.1 Å². The van der Waals surface area contributed by atoms with Gasteiger partial charge in [-0.15, -0.1) is 0 Å². The minimum atomic E-state index is -0.263. The van der Waals surface area contributed by atoms with Crippen molar-refractivity contribution >= 4 is 35.0 Å². The van der Waals surface area contributed by atoms with Gasteiger partial charge in [-0.1, -0.05) is 31.5 Å². The van der Waals surface area contributed by atoms with Crippen LogP contribution in [0.3, 0.4) is 0 Å². The maximum absolute atomic E-state index is 12.7. The van der Waals surface area contributed by atoms with E-state index in [9.17, 15) is 14.4 Å². The van der Waals surface area contributed by atoms with Gasteiger partial charge in [0.2, 0.25) is 17.7 Å². The van der Waals surface area contributed by atoms with Gasteiger partial charge in [-0.25, -0.2) is 0 Å². The zero-order valence-electron chi connectivity index (χ0n) is 16.0. The van der Waals surface area contributed by atoms with Crippen molar-refractivity contribution < 1.29 is 19.1 Å².